The molecule has 1 aromatic carbocycles. The molecule has 5 unspecified atom stereocenters. The molecule has 2 aliphatic heterocycles. The van der Waals surface area contributed by atoms with Crippen LogP contribution in [0.4, 0.5) is 14.0 Å². The van der Waals surface area contributed by atoms with Gasteiger partial charge in [0.05, 0.1) is 24.9 Å². The summed E-state index contributed by atoms with van der Waals surface area (Å²) < 4.78 is 26.0. The number of carboxylic acid groups (broad SMARTS) is 1. The van der Waals surface area contributed by atoms with Crippen LogP contribution in [0.5, 0.6) is 0 Å². The van der Waals surface area contributed by atoms with Crippen LogP contribution in [0, 0.1) is 17.7 Å². The molecule has 9 nitrogen and oxygen atoms in total. The number of rotatable bonds is 11. The lowest BCUT2D eigenvalue weighted by Crippen LogP contribution is -2.52. The third-order valence-electron chi connectivity index (χ3n) is 7.22. The van der Waals surface area contributed by atoms with Gasteiger partial charge in [-0.2, -0.15) is 0 Å². The van der Waals surface area contributed by atoms with Gasteiger partial charge in [0.25, 0.3) is 0 Å². The maximum Gasteiger partial charge on any atom is 0.404 e. The lowest BCUT2D eigenvalue weighted by Gasteiger charge is -2.38. The van der Waals surface area contributed by atoms with E-state index in [2.05, 4.69) is 29.8 Å². The van der Waals surface area contributed by atoms with Crippen molar-refractivity contribution < 1.29 is 28.6 Å². The van der Waals surface area contributed by atoms with Crippen molar-refractivity contribution in [2.45, 2.75) is 70.3 Å². The first-order valence-corrected chi connectivity index (χ1v) is 13.4. The molecule has 2 fully saturated rings. The van der Waals surface area contributed by atoms with Crippen LogP contribution >= 0.6 is 0 Å². The fraction of sp³-hybridized carbons (Fsp3) is 0.704. The number of likely N-dealkylation sites (N-methyl/N-ethyl adjacent to an activating group) is 1. The van der Waals surface area contributed by atoms with E-state index in [1.165, 1.54) is 12.1 Å². The number of amides is 3. The van der Waals surface area contributed by atoms with Gasteiger partial charge in [-0.3, -0.25) is 0 Å². The maximum atomic E-state index is 14.0. The Labute approximate surface area is 219 Å². The van der Waals surface area contributed by atoms with Gasteiger partial charge in [0, 0.05) is 38.1 Å². The molecule has 10 heteroatoms. The van der Waals surface area contributed by atoms with Crippen LogP contribution in [-0.4, -0.2) is 80.2 Å². The number of ether oxygens (including phenoxy) is 2. The number of likely N-dealkylation sites (tertiary alicyclic amines) is 1. The number of hydrogen-bond acceptors (Lipinski definition) is 5. The van der Waals surface area contributed by atoms with E-state index in [1.54, 1.807) is 6.07 Å². The van der Waals surface area contributed by atoms with Gasteiger partial charge < -0.3 is 35.4 Å². The van der Waals surface area contributed by atoms with Crippen molar-refractivity contribution in [2.24, 2.45) is 11.8 Å². The Hall–Kier alpha value is -2.43. The van der Waals surface area contributed by atoms with Crippen molar-refractivity contribution in [1.82, 2.24) is 20.9 Å². The zero-order valence-corrected chi connectivity index (χ0v) is 22.2. The summed E-state index contributed by atoms with van der Waals surface area (Å²) in [5.74, 6) is 0.106. The number of nitrogens with zero attached hydrogens (tertiary/aromatic N) is 1. The second kappa shape index (κ2) is 14.5. The van der Waals surface area contributed by atoms with Crippen molar-refractivity contribution in [3.05, 3.63) is 35.6 Å². The Morgan fingerprint density at radius 3 is 2.70 bits per heavy atom. The fourth-order valence-electron chi connectivity index (χ4n) is 5.82. The minimum Gasteiger partial charge on any atom is -0.465 e. The van der Waals surface area contributed by atoms with Crippen molar-refractivity contribution in [1.29, 1.82) is 0 Å². The number of carbonyl (C=O) groups excluding carboxylic acids is 1. The average molecular weight is 523 g/mol. The van der Waals surface area contributed by atoms with Gasteiger partial charge >= 0.3 is 12.1 Å². The summed E-state index contributed by atoms with van der Waals surface area (Å²) in [6.45, 7) is 6.33. The van der Waals surface area contributed by atoms with Crippen molar-refractivity contribution >= 4 is 12.1 Å². The molecular weight excluding hydrogens is 479 g/mol. The molecular formula is C27H43FN4O5. The van der Waals surface area contributed by atoms with Crippen LogP contribution in [-0.2, 0) is 9.47 Å². The number of carbonyl (C=O) groups is 2. The number of urea groups is 1. The summed E-state index contributed by atoms with van der Waals surface area (Å²) in [6.07, 6.45) is 3.42. The summed E-state index contributed by atoms with van der Waals surface area (Å²) in [5.41, 5.74) is 0.693. The zero-order valence-electron chi connectivity index (χ0n) is 22.2. The maximum absolute atomic E-state index is 14.0. The first-order chi connectivity index (χ1) is 17.7. The highest BCUT2D eigenvalue weighted by atomic mass is 19.1. The molecule has 2 heterocycles. The van der Waals surface area contributed by atoms with Crippen LogP contribution in [0.1, 0.15) is 57.6 Å². The highest BCUT2D eigenvalue weighted by Crippen LogP contribution is 2.33. The molecule has 2 aliphatic rings. The van der Waals surface area contributed by atoms with E-state index in [0.29, 0.717) is 31.1 Å². The lowest BCUT2D eigenvalue weighted by atomic mass is 9.87. The van der Waals surface area contributed by atoms with Crippen molar-refractivity contribution in [3.8, 4) is 0 Å². The predicted octanol–water partition coefficient (Wildman–Crippen LogP) is 3.75. The minimum absolute atomic E-state index is 0.0118. The summed E-state index contributed by atoms with van der Waals surface area (Å²) in [6, 6.07) is 6.21. The Balaban J connectivity index is 1.63. The number of piperidine rings is 1. The van der Waals surface area contributed by atoms with Gasteiger partial charge in [-0.05, 0) is 76.6 Å². The van der Waals surface area contributed by atoms with E-state index in [1.807, 2.05) is 18.0 Å². The molecule has 0 aromatic heterocycles. The summed E-state index contributed by atoms with van der Waals surface area (Å²) >= 11 is 0. The number of benzene rings is 1. The molecule has 3 amide bonds. The molecule has 37 heavy (non-hydrogen) atoms. The van der Waals surface area contributed by atoms with Crippen LogP contribution in [0.25, 0.3) is 0 Å². The smallest absolute Gasteiger partial charge is 0.404 e. The SMILES string of the molecule is CNCC(CC1CC(C)OC(C)C1)NC(=O)N1CCCC(C(OCCNC(=O)O)c2cccc(F)c2)C1. The standard InChI is InChI=1S/C27H43FN4O5/c1-18-12-20(13-19(2)37-18)14-24(16-29-3)31-26(33)32-10-5-7-22(17-32)25(36-11-9-30-27(34)35)21-6-4-8-23(28)15-21/h4,6,8,15,18-20,22,24-25,29-30H,5,7,9-14,16-17H2,1-3H3,(H,31,33)(H,34,35). The first kappa shape index (κ1) is 29.1. The second-order valence-electron chi connectivity index (χ2n) is 10.5. The van der Waals surface area contributed by atoms with Crippen LogP contribution in [0.2, 0.25) is 0 Å². The average Bonchev–Trinajstić information content (AvgIpc) is 2.83. The van der Waals surface area contributed by atoms with Crippen LogP contribution in [0.15, 0.2) is 24.3 Å². The highest BCUT2D eigenvalue weighted by Gasteiger charge is 2.33. The molecule has 1 aromatic rings. The third kappa shape index (κ3) is 9.43. The second-order valence-corrected chi connectivity index (χ2v) is 10.5. The molecule has 0 saturated carbocycles. The Kier molecular flexibility index (Phi) is 11.4. The summed E-state index contributed by atoms with van der Waals surface area (Å²) in [4.78, 5) is 26.0. The van der Waals surface area contributed by atoms with Gasteiger partial charge in [-0.15, -0.1) is 0 Å². The Bertz CT molecular complexity index is 865. The first-order valence-electron chi connectivity index (χ1n) is 13.4. The molecule has 0 bridgehead atoms. The van der Waals surface area contributed by atoms with Gasteiger partial charge in [0.2, 0.25) is 0 Å². The molecule has 0 aliphatic carbocycles. The normalized spacial score (nSPS) is 25.8. The summed E-state index contributed by atoms with van der Waals surface area (Å²) in [5, 5.41) is 17.6. The van der Waals surface area contributed by atoms with E-state index < -0.39 is 12.2 Å². The van der Waals surface area contributed by atoms with Crippen LogP contribution < -0.4 is 16.0 Å². The van der Waals surface area contributed by atoms with Gasteiger partial charge in [-0.1, -0.05) is 12.1 Å². The van der Waals surface area contributed by atoms with Gasteiger partial charge in [-0.25, -0.2) is 14.0 Å². The predicted molar refractivity (Wildman–Crippen MR) is 139 cm³/mol. The Morgan fingerprint density at radius 1 is 1.27 bits per heavy atom. The molecule has 4 N–H and O–H groups in total. The number of halogens is 1. The zero-order chi connectivity index (χ0) is 26.8. The molecule has 0 radical (unpaired) electrons. The molecule has 208 valence electrons. The van der Waals surface area contributed by atoms with Crippen molar-refractivity contribution in [2.75, 3.05) is 39.8 Å². The monoisotopic (exact) mass is 522 g/mol. The number of hydrogen-bond donors (Lipinski definition) is 4. The molecule has 3 rings (SSSR count). The molecule has 0 spiro atoms. The highest BCUT2D eigenvalue weighted by molar-refractivity contribution is 5.74. The van der Waals surface area contributed by atoms with E-state index in [-0.39, 0.29) is 49.2 Å². The van der Waals surface area contributed by atoms with Crippen LogP contribution in [0.3, 0.4) is 0 Å². The van der Waals surface area contributed by atoms with E-state index in [0.717, 1.165) is 32.1 Å². The minimum atomic E-state index is -1.12. The lowest BCUT2D eigenvalue weighted by molar-refractivity contribution is -0.0547. The molecule has 2 saturated heterocycles. The van der Waals surface area contributed by atoms with E-state index >= 15 is 0 Å². The van der Waals surface area contributed by atoms with E-state index in [4.69, 9.17) is 14.6 Å². The quantitative estimate of drug-likeness (QED) is 0.329. The van der Waals surface area contributed by atoms with Gasteiger partial charge in [0.1, 0.15) is 5.82 Å². The van der Waals surface area contributed by atoms with E-state index in [9.17, 15) is 14.0 Å². The number of nitrogens with one attached hydrogen (secondary N) is 3. The molecule has 5 atom stereocenters. The van der Waals surface area contributed by atoms with Crippen molar-refractivity contribution in [3.63, 3.8) is 0 Å². The topological polar surface area (TPSA) is 112 Å². The largest absolute Gasteiger partial charge is 0.465 e. The Morgan fingerprint density at radius 2 is 2.03 bits per heavy atom. The van der Waals surface area contributed by atoms with Gasteiger partial charge in [0.15, 0.2) is 0 Å². The summed E-state index contributed by atoms with van der Waals surface area (Å²) in [7, 11) is 1.89. The fourth-order valence-corrected chi connectivity index (χ4v) is 5.82. The third-order valence-corrected chi connectivity index (χ3v) is 7.22.